The van der Waals surface area contributed by atoms with Gasteiger partial charge in [0.15, 0.2) is 5.69 Å². The first-order valence-corrected chi connectivity index (χ1v) is 10.4. The molecule has 4 rings (SSSR count). The number of amides is 3. The molecule has 0 radical (unpaired) electrons. The Bertz CT molecular complexity index is 1190. The highest BCUT2D eigenvalue weighted by Gasteiger charge is 2.26. The van der Waals surface area contributed by atoms with Crippen LogP contribution in [0.2, 0.25) is 0 Å². The zero-order chi connectivity index (χ0) is 22.8. The van der Waals surface area contributed by atoms with E-state index in [2.05, 4.69) is 25.8 Å². The van der Waals surface area contributed by atoms with Crippen molar-refractivity contribution in [3.63, 3.8) is 0 Å². The molecule has 2 aromatic rings. The third kappa shape index (κ3) is 4.13. The van der Waals surface area contributed by atoms with E-state index in [1.165, 1.54) is 0 Å². The molecule has 1 fully saturated rings. The van der Waals surface area contributed by atoms with Crippen molar-refractivity contribution in [2.45, 2.75) is 13.8 Å². The Morgan fingerprint density at radius 2 is 2.12 bits per heavy atom. The SMILES string of the molecule is [C-]#[N+]c1ccc2c(c1)C(=Cc1[nH]c(C)c(C(=O)NCCN3CCNC(=O)C3)c1C)C(=O)N2. The van der Waals surface area contributed by atoms with E-state index in [0.29, 0.717) is 65.6 Å². The smallest absolute Gasteiger partial charge is 0.256 e. The first-order valence-electron chi connectivity index (χ1n) is 10.4. The maximum Gasteiger partial charge on any atom is 0.256 e. The Balaban J connectivity index is 1.51. The van der Waals surface area contributed by atoms with Crippen LogP contribution in [0.4, 0.5) is 11.4 Å². The van der Waals surface area contributed by atoms with Gasteiger partial charge in [0.2, 0.25) is 5.91 Å². The zero-order valence-electron chi connectivity index (χ0n) is 18.0. The molecule has 1 aromatic carbocycles. The zero-order valence-corrected chi connectivity index (χ0v) is 18.0. The monoisotopic (exact) mass is 432 g/mol. The lowest BCUT2D eigenvalue weighted by atomic mass is 10.0. The fourth-order valence-corrected chi connectivity index (χ4v) is 4.09. The molecule has 32 heavy (non-hydrogen) atoms. The van der Waals surface area contributed by atoms with Gasteiger partial charge in [0.25, 0.3) is 11.8 Å². The van der Waals surface area contributed by atoms with E-state index in [0.717, 1.165) is 12.1 Å². The van der Waals surface area contributed by atoms with Crippen molar-refractivity contribution in [3.8, 4) is 0 Å². The highest BCUT2D eigenvalue weighted by Crippen LogP contribution is 2.36. The van der Waals surface area contributed by atoms with E-state index >= 15 is 0 Å². The minimum absolute atomic E-state index is 0.00128. The van der Waals surface area contributed by atoms with Crippen LogP contribution in [0, 0.1) is 20.4 Å². The van der Waals surface area contributed by atoms with Gasteiger partial charge in [0.05, 0.1) is 18.7 Å². The van der Waals surface area contributed by atoms with Crippen molar-refractivity contribution < 1.29 is 14.4 Å². The fourth-order valence-electron chi connectivity index (χ4n) is 4.09. The summed E-state index contributed by atoms with van der Waals surface area (Å²) in [5.74, 6) is -0.446. The van der Waals surface area contributed by atoms with Gasteiger partial charge in [-0.2, -0.15) is 0 Å². The Morgan fingerprint density at radius 3 is 2.88 bits per heavy atom. The number of aromatic nitrogens is 1. The number of hydrogen-bond donors (Lipinski definition) is 4. The van der Waals surface area contributed by atoms with Crippen LogP contribution in [0.15, 0.2) is 18.2 Å². The van der Waals surface area contributed by atoms with Crippen molar-refractivity contribution in [3.05, 3.63) is 57.7 Å². The number of nitrogens with one attached hydrogen (secondary N) is 4. The predicted molar refractivity (Wildman–Crippen MR) is 121 cm³/mol. The molecule has 3 heterocycles. The third-order valence-electron chi connectivity index (χ3n) is 5.74. The van der Waals surface area contributed by atoms with Gasteiger partial charge in [-0.1, -0.05) is 6.07 Å². The van der Waals surface area contributed by atoms with Crippen molar-refractivity contribution >= 4 is 40.7 Å². The number of carbonyl (C=O) groups is 3. The van der Waals surface area contributed by atoms with E-state index in [9.17, 15) is 14.4 Å². The summed E-state index contributed by atoms with van der Waals surface area (Å²) in [6.45, 7) is 13.6. The molecule has 9 nitrogen and oxygen atoms in total. The van der Waals surface area contributed by atoms with Crippen LogP contribution in [-0.4, -0.2) is 60.3 Å². The standard InChI is InChI=1S/C23H24N6O3/c1-13-19(11-17-16-10-15(24-3)4-5-18(16)28-22(17)31)27-14(2)21(13)23(32)26-7-9-29-8-6-25-20(30)12-29/h4-5,10-11,27H,6-9,12H2,1-2H3,(H,25,30)(H,26,32)(H,28,31). The van der Waals surface area contributed by atoms with Crippen LogP contribution in [0.3, 0.4) is 0 Å². The number of aryl methyl sites for hydroxylation is 1. The normalized spacial score (nSPS) is 17.0. The quantitative estimate of drug-likeness (QED) is 0.427. The second-order valence-corrected chi connectivity index (χ2v) is 7.90. The largest absolute Gasteiger partial charge is 0.358 e. The Morgan fingerprint density at radius 1 is 1.31 bits per heavy atom. The van der Waals surface area contributed by atoms with Gasteiger partial charge >= 0.3 is 0 Å². The van der Waals surface area contributed by atoms with Crippen molar-refractivity contribution in [2.75, 3.05) is 38.0 Å². The van der Waals surface area contributed by atoms with Crippen LogP contribution in [0.25, 0.3) is 16.5 Å². The third-order valence-corrected chi connectivity index (χ3v) is 5.74. The van der Waals surface area contributed by atoms with Crippen LogP contribution >= 0.6 is 0 Å². The molecule has 0 unspecified atom stereocenters. The number of anilines is 1. The molecule has 2 aliphatic heterocycles. The van der Waals surface area contributed by atoms with Gasteiger partial charge in [-0.15, -0.1) is 0 Å². The average Bonchev–Trinajstić information content (AvgIpc) is 3.22. The predicted octanol–water partition coefficient (Wildman–Crippen LogP) is 1.84. The number of rotatable bonds is 5. The van der Waals surface area contributed by atoms with E-state index in [1.807, 2.05) is 18.7 Å². The minimum Gasteiger partial charge on any atom is -0.358 e. The molecule has 1 saturated heterocycles. The van der Waals surface area contributed by atoms with E-state index in [-0.39, 0.29) is 17.7 Å². The molecule has 164 valence electrons. The van der Waals surface area contributed by atoms with Gasteiger partial charge in [-0.3, -0.25) is 19.3 Å². The highest BCUT2D eigenvalue weighted by atomic mass is 16.2. The van der Waals surface area contributed by atoms with Gasteiger partial charge in [0.1, 0.15) is 0 Å². The maximum absolute atomic E-state index is 12.8. The number of fused-ring (bicyclic) bond motifs is 1. The summed E-state index contributed by atoms with van der Waals surface area (Å²) in [6.07, 6.45) is 1.72. The van der Waals surface area contributed by atoms with Crippen molar-refractivity contribution in [1.82, 2.24) is 20.5 Å². The molecule has 9 heteroatoms. The molecule has 0 bridgehead atoms. The molecular formula is C23H24N6O3. The average molecular weight is 432 g/mol. The Hall–Kier alpha value is -3.90. The number of H-pyrrole nitrogens is 1. The lowest BCUT2D eigenvalue weighted by Crippen LogP contribution is -2.49. The molecule has 0 saturated carbocycles. The maximum atomic E-state index is 12.8. The van der Waals surface area contributed by atoms with Crippen LogP contribution < -0.4 is 16.0 Å². The Kier molecular flexibility index (Phi) is 5.79. The molecule has 0 spiro atoms. The van der Waals surface area contributed by atoms with Gasteiger partial charge in [-0.05, 0) is 37.6 Å². The molecule has 0 aliphatic carbocycles. The summed E-state index contributed by atoms with van der Waals surface area (Å²) in [7, 11) is 0. The second kappa shape index (κ2) is 8.69. The number of benzene rings is 1. The molecule has 3 amide bonds. The summed E-state index contributed by atoms with van der Waals surface area (Å²) in [5, 5.41) is 8.51. The fraction of sp³-hybridized carbons (Fsp3) is 0.304. The molecule has 2 aliphatic rings. The first kappa shape index (κ1) is 21.3. The molecular weight excluding hydrogens is 408 g/mol. The van der Waals surface area contributed by atoms with Crippen LogP contribution in [0.5, 0.6) is 0 Å². The van der Waals surface area contributed by atoms with Crippen molar-refractivity contribution in [1.29, 1.82) is 0 Å². The van der Waals surface area contributed by atoms with Gasteiger partial charge in [0, 0.05) is 54.4 Å². The Labute approximate surface area is 185 Å². The number of carbonyl (C=O) groups excluding carboxylic acids is 3. The number of hydrogen-bond acceptors (Lipinski definition) is 4. The van der Waals surface area contributed by atoms with E-state index < -0.39 is 0 Å². The number of aromatic amines is 1. The lowest BCUT2D eigenvalue weighted by molar-refractivity contribution is -0.124. The summed E-state index contributed by atoms with van der Waals surface area (Å²) in [5.41, 5.74) is 4.91. The highest BCUT2D eigenvalue weighted by molar-refractivity contribution is 6.35. The number of piperazine rings is 1. The van der Waals surface area contributed by atoms with Crippen LogP contribution in [0.1, 0.15) is 32.9 Å². The van der Waals surface area contributed by atoms with E-state index in [4.69, 9.17) is 6.57 Å². The molecule has 1 aromatic heterocycles. The first-order chi connectivity index (χ1) is 15.4. The summed E-state index contributed by atoms with van der Waals surface area (Å²) in [4.78, 5) is 45.4. The van der Waals surface area contributed by atoms with Gasteiger partial charge < -0.3 is 20.9 Å². The summed E-state index contributed by atoms with van der Waals surface area (Å²) in [6, 6.07) is 5.07. The van der Waals surface area contributed by atoms with E-state index in [1.54, 1.807) is 24.3 Å². The summed E-state index contributed by atoms with van der Waals surface area (Å²) >= 11 is 0. The van der Waals surface area contributed by atoms with Crippen molar-refractivity contribution in [2.24, 2.45) is 0 Å². The molecule has 4 N–H and O–H groups in total. The van der Waals surface area contributed by atoms with Crippen LogP contribution in [-0.2, 0) is 9.59 Å². The number of nitrogens with zero attached hydrogens (tertiary/aromatic N) is 2. The second-order valence-electron chi connectivity index (χ2n) is 7.90. The topological polar surface area (TPSA) is 111 Å². The van der Waals surface area contributed by atoms with Gasteiger partial charge in [-0.25, -0.2) is 4.85 Å². The lowest BCUT2D eigenvalue weighted by Gasteiger charge is -2.26. The minimum atomic E-state index is -0.245. The molecule has 0 atom stereocenters. The summed E-state index contributed by atoms with van der Waals surface area (Å²) < 4.78 is 0.